The van der Waals surface area contributed by atoms with Crippen LogP contribution in [0.3, 0.4) is 0 Å². The monoisotopic (exact) mass is 326 g/mol. The number of likely N-dealkylation sites (N-methyl/N-ethyl adjacent to an activating group) is 1. The highest BCUT2D eigenvalue weighted by molar-refractivity contribution is 9.10. The summed E-state index contributed by atoms with van der Waals surface area (Å²) in [7, 11) is 3.04. The molecule has 1 aliphatic heterocycles. The molecule has 102 valence electrons. The molecule has 19 heavy (non-hydrogen) atoms. The number of amides is 1. The summed E-state index contributed by atoms with van der Waals surface area (Å²) >= 11 is 3.41. The number of nitrogens with zero attached hydrogens (tertiary/aromatic N) is 1. The molecule has 0 radical (unpaired) electrons. The van der Waals surface area contributed by atoms with Crippen LogP contribution in [0.25, 0.3) is 0 Å². The predicted molar refractivity (Wildman–Crippen MR) is 74.7 cm³/mol. The third-order valence-electron chi connectivity index (χ3n) is 3.08. The molecule has 1 unspecified atom stereocenters. The molecule has 1 heterocycles. The minimum atomic E-state index is -0.583. The second-order valence-corrected chi connectivity index (χ2v) is 5.39. The first kappa shape index (κ1) is 13.9. The lowest BCUT2D eigenvalue weighted by Gasteiger charge is -2.19. The summed E-state index contributed by atoms with van der Waals surface area (Å²) in [5, 5.41) is 3.12. The van der Waals surface area contributed by atoms with Gasteiger partial charge in [-0.25, -0.2) is 0 Å². The van der Waals surface area contributed by atoms with Gasteiger partial charge in [0.2, 0.25) is 5.91 Å². The van der Waals surface area contributed by atoms with Gasteiger partial charge in [-0.2, -0.15) is 0 Å². The Balaban J connectivity index is 2.29. The Morgan fingerprint density at radius 1 is 1.58 bits per heavy atom. The van der Waals surface area contributed by atoms with E-state index in [9.17, 15) is 9.59 Å². The molecule has 1 atom stereocenters. The van der Waals surface area contributed by atoms with Gasteiger partial charge in [0, 0.05) is 23.8 Å². The zero-order valence-electron chi connectivity index (χ0n) is 10.8. The summed E-state index contributed by atoms with van der Waals surface area (Å²) in [6.45, 7) is 0.512. The lowest BCUT2D eigenvalue weighted by Crippen LogP contribution is -2.39. The standard InChI is InChI=1S/C13H15BrN2O3/c1-16-7-8-5-9(14)3-4-10(8)15-11(13(16)18)6-12(17)19-2/h3-5,11,15H,6-7H2,1-2H3. The molecular formula is C13H15BrN2O3. The highest BCUT2D eigenvalue weighted by atomic mass is 79.9. The largest absolute Gasteiger partial charge is 0.469 e. The number of hydrogen-bond donors (Lipinski definition) is 1. The van der Waals surface area contributed by atoms with Crippen molar-refractivity contribution in [2.45, 2.75) is 19.0 Å². The van der Waals surface area contributed by atoms with Crippen molar-refractivity contribution in [2.24, 2.45) is 0 Å². The Morgan fingerprint density at radius 2 is 2.32 bits per heavy atom. The molecule has 0 bridgehead atoms. The van der Waals surface area contributed by atoms with Crippen LogP contribution in [0.15, 0.2) is 22.7 Å². The molecule has 0 saturated heterocycles. The number of esters is 1. The number of rotatable bonds is 2. The third-order valence-corrected chi connectivity index (χ3v) is 3.57. The van der Waals surface area contributed by atoms with Gasteiger partial charge in [0.1, 0.15) is 6.04 Å². The van der Waals surface area contributed by atoms with Crippen LogP contribution >= 0.6 is 15.9 Å². The smallest absolute Gasteiger partial charge is 0.308 e. The molecule has 0 aliphatic carbocycles. The molecular weight excluding hydrogens is 312 g/mol. The van der Waals surface area contributed by atoms with Crippen LogP contribution in [0.2, 0.25) is 0 Å². The molecule has 1 amide bonds. The Morgan fingerprint density at radius 3 is 3.00 bits per heavy atom. The summed E-state index contributed by atoms with van der Waals surface area (Å²) in [5.74, 6) is -0.516. The number of carbonyl (C=O) groups excluding carboxylic acids is 2. The molecule has 1 aliphatic rings. The first-order chi connectivity index (χ1) is 9.01. The minimum Gasteiger partial charge on any atom is -0.469 e. The van der Waals surface area contributed by atoms with E-state index in [1.54, 1.807) is 11.9 Å². The lowest BCUT2D eigenvalue weighted by atomic mass is 10.1. The second-order valence-electron chi connectivity index (χ2n) is 4.47. The quantitative estimate of drug-likeness (QED) is 0.841. The number of hydrogen-bond acceptors (Lipinski definition) is 4. The summed E-state index contributed by atoms with van der Waals surface area (Å²) in [4.78, 5) is 25.2. The van der Waals surface area contributed by atoms with E-state index in [0.29, 0.717) is 6.54 Å². The molecule has 6 heteroatoms. The lowest BCUT2D eigenvalue weighted by molar-refractivity contribution is -0.143. The maximum absolute atomic E-state index is 12.2. The van der Waals surface area contributed by atoms with E-state index in [2.05, 4.69) is 26.0 Å². The van der Waals surface area contributed by atoms with E-state index in [1.807, 2.05) is 18.2 Å². The highest BCUT2D eigenvalue weighted by Crippen LogP contribution is 2.26. The number of anilines is 1. The molecule has 0 spiro atoms. The summed E-state index contributed by atoms with van der Waals surface area (Å²) < 4.78 is 5.59. The summed E-state index contributed by atoms with van der Waals surface area (Å²) in [6.07, 6.45) is 0.0230. The number of fused-ring (bicyclic) bond motifs is 1. The maximum atomic E-state index is 12.2. The van der Waals surface area contributed by atoms with Crippen molar-refractivity contribution >= 4 is 33.5 Å². The molecule has 1 N–H and O–H groups in total. The first-order valence-electron chi connectivity index (χ1n) is 5.88. The van der Waals surface area contributed by atoms with E-state index in [4.69, 9.17) is 0 Å². The van der Waals surface area contributed by atoms with Gasteiger partial charge < -0.3 is 15.0 Å². The van der Waals surface area contributed by atoms with Gasteiger partial charge in [-0.3, -0.25) is 9.59 Å². The fraction of sp³-hybridized carbons (Fsp3) is 0.385. The number of carbonyl (C=O) groups is 2. The fourth-order valence-electron chi connectivity index (χ4n) is 2.07. The van der Waals surface area contributed by atoms with Crippen molar-refractivity contribution in [2.75, 3.05) is 19.5 Å². The van der Waals surface area contributed by atoms with Crippen LogP contribution in [0.1, 0.15) is 12.0 Å². The molecule has 0 aromatic heterocycles. The Hall–Kier alpha value is -1.56. The third kappa shape index (κ3) is 3.07. The van der Waals surface area contributed by atoms with Crippen LogP contribution in [0, 0.1) is 0 Å². The van der Waals surface area contributed by atoms with Crippen LogP contribution in [-0.4, -0.2) is 37.0 Å². The average Bonchev–Trinajstić information content (AvgIpc) is 2.49. The van der Waals surface area contributed by atoms with E-state index < -0.39 is 12.0 Å². The van der Waals surface area contributed by atoms with Crippen molar-refractivity contribution in [3.63, 3.8) is 0 Å². The van der Waals surface area contributed by atoms with Crippen molar-refractivity contribution in [3.8, 4) is 0 Å². The molecule has 0 fully saturated rings. The van der Waals surface area contributed by atoms with Gasteiger partial charge in [-0.15, -0.1) is 0 Å². The van der Waals surface area contributed by atoms with Gasteiger partial charge in [0.15, 0.2) is 0 Å². The van der Waals surface area contributed by atoms with Gasteiger partial charge in [0.05, 0.1) is 13.5 Å². The first-order valence-corrected chi connectivity index (χ1v) is 6.67. The number of benzene rings is 1. The van der Waals surface area contributed by atoms with Crippen LogP contribution in [0.4, 0.5) is 5.69 Å². The SMILES string of the molecule is COC(=O)CC1Nc2ccc(Br)cc2CN(C)C1=O. The van der Waals surface area contributed by atoms with E-state index in [0.717, 1.165) is 15.7 Å². The molecule has 2 rings (SSSR count). The molecule has 5 nitrogen and oxygen atoms in total. The topological polar surface area (TPSA) is 58.6 Å². The zero-order valence-corrected chi connectivity index (χ0v) is 12.4. The summed E-state index contributed by atoms with van der Waals surface area (Å²) in [5.41, 5.74) is 1.88. The van der Waals surface area contributed by atoms with Crippen molar-refractivity contribution < 1.29 is 14.3 Å². The average molecular weight is 327 g/mol. The number of halogens is 1. The van der Waals surface area contributed by atoms with Gasteiger partial charge in [-0.05, 0) is 23.8 Å². The van der Waals surface area contributed by atoms with Crippen molar-refractivity contribution in [1.29, 1.82) is 0 Å². The molecule has 1 aromatic rings. The Bertz CT molecular complexity index is 519. The summed E-state index contributed by atoms with van der Waals surface area (Å²) in [6, 6.07) is 5.18. The Labute approximate surface area is 120 Å². The van der Waals surface area contributed by atoms with Crippen LogP contribution < -0.4 is 5.32 Å². The molecule has 0 saturated carbocycles. The number of nitrogens with one attached hydrogen (secondary N) is 1. The predicted octanol–water partition coefficient (Wildman–Crippen LogP) is 1.76. The van der Waals surface area contributed by atoms with E-state index in [1.165, 1.54) is 7.11 Å². The van der Waals surface area contributed by atoms with Crippen molar-refractivity contribution in [1.82, 2.24) is 4.90 Å². The zero-order chi connectivity index (χ0) is 14.0. The second kappa shape index (κ2) is 5.61. The maximum Gasteiger partial charge on any atom is 0.308 e. The van der Waals surface area contributed by atoms with Crippen LogP contribution in [0.5, 0.6) is 0 Å². The highest BCUT2D eigenvalue weighted by Gasteiger charge is 2.29. The van der Waals surface area contributed by atoms with Crippen LogP contribution in [-0.2, 0) is 20.9 Å². The van der Waals surface area contributed by atoms with Gasteiger partial charge in [0.25, 0.3) is 0 Å². The Kier molecular flexibility index (Phi) is 4.09. The van der Waals surface area contributed by atoms with E-state index >= 15 is 0 Å². The van der Waals surface area contributed by atoms with Gasteiger partial charge in [-0.1, -0.05) is 15.9 Å². The molecule has 1 aromatic carbocycles. The van der Waals surface area contributed by atoms with Gasteiger partial charge >= 0.3 is 5.97 Å². The minimum absolute atomic E-state index is 0.0230. The normalized spacial score (nSPS) is 18.4. The fourth-order valence-corrected chi connectivity index (χ4v) is 2.48. The number of methoxy groups -OCH3 is 1. The van der Waals surface area contributed by atoms with Crippen molar-refractivity contribution in [3.05, 3.63) is 28.2 Å². The number of ether oxygens (including phenoxy) is 1. The van der Waals surface area contributed by atoms with E-state index in [-0.39, 0.29) is 12.3 Å².